The molecular formula is C11H15N3O. The Morgan fingerprint density at radius 1 is 1.67 bits per heavy atom. The number of anilines is 1. The van der Waals surface area contributed by atoms with Gasteiger partial charge in [0.15, 0.2) is 0 Å². The smallest absolute Gasteiger partial charge is 0.210 e. The van der Waals surface area contributed by atoms with Gasteiger partial charge in [-0.3, -0.25) is 4.79 Å². The van der Waals surface area contributed by atoms with Gasteiger partial charge in [-0.05, 0) is 37.0 Å². The highest BCUT2D eigenvalue weighted by Crippen LogP contribution is 2.32. The third kappa shape index (κ3) is 1.79. The van der Waals surface area contributed by atoms with Crippen LogP contribution in [0.25, 0.3) is 0 Å². The van der Waals surface area contributed by atoms with Gasteiger partial charge in [0.1, 0.15) is 5.82 Å². The van der Waals surface area contributed by atoms with E-state index >= 15 is 0 Å². The van der Waals surface area contributed by atoms with Crippen molar-refractivity contribution in [1.82, 2.24) is 9.88 Å². The van der Waals surface area contributed by atoms with Gasteiger partial charge in [-0.1, -0.05) is 0 Å². The van der Waals surface area contributed by atoms with Crippen LogP contribution in [-0.4, -0.2) is 22.8 Å². The summed E-state index contributed by atoms with van der Waals surface area (Å²) in [5.41, 5.74) is 7.83. The first-order chi connectivity index (χ1) is 7.22. The molecule has 2 N–H and O–H groups in total. The molecule has 0 aromatic carbocycles. The van der Waals surface area contributed by atoms with E-state index < -0.39 is 0 Å². The summed E-state index contributed by atoms with van der Waals surface area (Å²) < 4.78 is 0. The summed E-state index contributed by atoms with van der Waals surface area (Å²) in [6.07, 6.45) is 4.79. The second-order valence-corrected chi connectivity index (χ2v) is 3.97. The van der Waals surface area contributed by atoms with Crippen molar-refractivity contribution >= 4 is 12.2 Å². The molecule has 0 spiro atoms. The van der Waals surface area contributed by atoms with Crippen LogP contribution in [-0.2, 0) is 4.79 Å². The molecule has 80 valence electrons. The predicted octanol–water partition coefficient (Wildman–Crippen LogP) is 1.27. The van der Waals surface area contributed by atoms with Gasteiger partial charge in [-0.2, -0.15) is 0 Å². The van der Waals surface area contributed by atoms with Crippen LogP contribution in [0.5, 0.6) is 0 Å². The summed E-state index contributed by atoms with van der Waals surface area (Å²) in [6.45, 7) is 2.85. The van der Waals surface area contributed by atoms with Crippen LogP contribution in [0, 0.1) is 6.92 Å². The zero-order valence-electron chi connectivity index (χ0n) is 8.81. The first-order valence-electron chi connectivity index (χ1n) is 5.15. The van der Waals surface area contributed by atoms with Crippen molar-refractivity contribution in [2.45, 2.75) is 25.8 Å². The minimum absolute atomic E-state index is 0.190. The van der Waals surface area contributed by atoms with Crippen LogP contribution in [0.1, 0.15) is 30.0 Å². The number of carbonyl (C=O) groups is 1. The molecule has 4 nitrogen and oxygen atoms in total. The lowest BCUT2D eigenvalue weighted by Gasteiger charge is -2.21. The maximum atomic E-state index is 10.8. The molecule has 15 heavy (non-hydrogen) atoms. The summed E-state index contributed by atoms with van der Waals surface area (Å²) in [5, 5.41) is 0. The first kappa shape index (κ1) is 9.96. The Morgan fingerprint density at radius 3 is 3.13 bits per heavy atom. The fraction of sp³-hybridized carbons (Fsp3) is 0.455. The lowest BCUT2D eigenvalue weighted by molar-refractivity contribution is -0.118. The molecular weight excluding hydrogens is 190 g/mol. The van der Waals surface area contributed by atoms with Gasteiger partial charge < -0.3 is 10.6 Å². The molecule has 1 amide bonds. The van der Waals surface area contributed by atoms with Crippen LogP contribution in [0.4, 0.5) is 5.82 Å². The van der Waals surface area contributed by atoms with Gasteiger partial charge in [0.2, 0.25) is 6.41 Å². The molecule has 1 aliphatic rings. The number of hydrogen-bond acceptors (Lipinski definition) is 3. The Bertz CT molecular complexity index is 378. The highest BCUT2D eigenvalue weighted by Gasteiger charge is 2.25. The maximum Gasteiger partial charge on any atom is 0.210 e. The molecule has 1 aromatic rings. The molecule has 0 radical (unpaired) electrons. The van der Waals surface area contributed by atoms with Gasteiger partial charge >= 0.3 is 0 Å². The average Bonchev–Trinajstić information content (AvgIpc) is 2.65. The molecule has 0 aliphatic carbocycles. The van der Waals surface area contributed by atoms with Crippen LogP contribution in [0.2, 0.25) is 0 Å². The molecule has 0 saturated carbocycles. The Balaban J connectivity index is 2.32. The van der Waals surface area contributed by atoms with Crippen molar-refractivity contribution < 1.29 is 4.79 Å². The molecule has 1 atom stereocenters. The van der Waals surface area contributed by atoms with Gasteiger partial charge in [0, 0.05) is 12.7 Å². The summed E-state index contributed by atoms with van der Waals surface area (Å²) >= 11 is 0. The summed E-state index contributed by atoms with van der Waals surface area (Å²) in [5.74, 6) is 0.534. The van der Waals surface area contributed by atoms with Crippen molar-refractivity contribution in [3.05, 3.63) is 23.4 Å². The monoisotopic (exact) mass is 205 g/mol. The van der Waals surface area contributed by atoms with Crippen LogP contribution in [0.15, 0.2) is 12.3 Å². The highest BCUT2D eigenvalue weighted by atomic mass is 16.1. The van der Waals surface area contributed by atoms with Gasteiger partial charge in [0.25, 0.3) is 0 Å². The number of pyridine rings is 1. The quantitative estimate of drug-likeness (QED) is 0.739. The number of aromatic nitrogens is 1. The van der Waals surface area contributed by atoms with E-state index in [4.69, 9.17) is 5.73 Å². The number of nitrogen functional groups attached to an aromatic ring is 1. The number of amides is 1. The largest absolute Gasteiger partial charge is 0.384 e. The van der Waals surface area contributed by atoms with Crippen LogP contribution in [0.3, 0.4) is 0 Å². The Labute approximate surface area is 89.1 Å². The van der Waals surface area contributed by atoms with Crippen molar-refractivity contribution in [1.29, 1.82) is 0 Å². The molecule has 1 aromatic heterocycles. The first-order valence-corrected chi connectivity index (χ1v) is 5.15. The standard InChI is InChI=1S/C11H15N3O/c1-8-5-11(12)13-6-9(8)10-3-2-4-14(10)7-15/h5-7,10H,2-4H2,1H3,(H2,12,13). The number of aryl methyl sites for hydroxylation is 1. The van der Waals surface area contributed by atoms with E-state index in [9.17, 15) is 4.79 Å². The average molecular weight is 205 g/mol. The molecule has 2 rings (SSSR count). The minimum Gasteiger partial charge on any atom is -0.384 e. The maximum absolute atomic E-state index is 10.8. The predicted molar refractivity (Wildman–Crippen MR) is 58.1 cm³/mol. The topological polar surface area (TPSA) is 59.2 Å². The van der Waals surface area contributed by atoms with Gasteiger partial charge in [-0.25, -0.2) is 4.98 Å². The Morgan fingerprint density at radius 2 is 2.47 bits per heavy atom. The van der Waals surface area contributed by atoms with Crippen molar-refractivity contribution in [3.63, 3.8) is 0 Å². The second-order valence-electron chi connectivity index (χ2n) is 3.97. The zero-order valence-corrected chi connectivity index (χ0v) is 8.81. The summed E-state index contributed by atoms with van der Waals surface area (Å²) in [6, 6.07) is 2.05. The molecule has 1 aliphatic heterocycles. The molecule has 0 bridgehead atoms. The van der Waals surface area contributed by atoms with Gasteiger partial charge in [0.05, 0.1) is 6.04 Å². The number of hydrogen-bond donors (Lipinski definition) is 1. The van der Waals surface area contributed by atoms with E-state index in [2.05, 4.69) is 4.98 Å². The van der Waals surface area contributed by atoms with E-state index in [0.717, 1.165) is 36.9 Å². The van der Waals surface area contributed by atoms with Gasteiger partial charge in [-0.15, -0.1) is 0 Å². The van der Waals surface area contributed by atoms with E-state index in [1.165, 1.54) is 0 Å². The molecule has 4 heteroatoms. The number of likely N-dealkylation sites (tertiary alicyclic amines) is 1. The summed E-state index contributed by atoms with van der Waals surface area (Å²) in [4.78, 5) is 16.8. The number of nitrogens with zero attached hydrogens (tertiary/aromatic N) is 2. The molecule has 2 heterocycles. The highest BCUT2D eigenvalue weighted by molar-refractivity contribution is 5.50. The minimum atomic E-state index is 0.190. The third-order valence-corrected chi connectivity index (χ3v) is 2.96. The molecule has 1 saturated heterocycles. The number of nitrogens with two attached hydrogens (primary N) is 1. The van der Waals surface area contributed by atoms with Crippen molar-refractivity contribution in [3.8, 4) is 0 Å². The summed E-state index contributed by atoms with van der Waals surface area (Å²) in [7, 11) is 0. The van der Waals surface area contributed by atoms with Crippen LogP contribution >= 0.6 is 0 Å². The van der Waals surface area contributed by atoms with E-state index in [0.29, 0.717) is 5.82 Å². The lowest BCUT2D eigenvalue weighted by atomic mass is 10.0. The lowest BCUT2D eigenvalue weighted by Crippen LogP contribution is -2.22. The van der Waals surface area contributed by atoms with E-state index in [-0.39, 0.29) is 6.04 Å². The second kappa shape index (κ2) is 3.88. The Kier molecular flexibility index (Phi) is 2.58. The SMILES string of the molecule is Cc1cc(N)ncc1C1CCCN1C=O. The van der Waals surface area contributed by atoms with E-state index in [1.54, 1.807) is 6.20 Å². The third-order valence-electron chi connectivity index (χ3n) is 2.96. The number of carbonyl (C=O) groups excluding carboxylic acids is 1. The zero-order chi connectivity index (χ0) is 10.8. The fourth-order valence-electron chi connectivity index (χ4n) is 2.19. The van der Waals surface area contributed by atoms with Crippen molar-refractivity contribution in [2.24, 2.45) is 0 Å². The Hall–Kier alpha value is -1.58. The molecule has 1 unspecified atom stereocenters. The number of rotatable bonds is 2. The van der Waals surface area contributed by atoms with E-state index in [1.807, 2.05) is 17.9 Å². The van der Waals surface area contributed by atoms with Crippen molar-refractivity contribution in [2.75, 3.05) is 12.3 Å². The molecule has 1 fully saturated rings. The normalized spacial score (nSPS) is 20.6. The van der Waals surface area contributed by atoms with Crippen LogP contribution < -0.4 is 5.73 Å². The fourth-order valence-corrected chi connectivity index (χ4v) is 2.19.